The number of aromatic nitrogens is 2. The van der Waals surface area contributed by atoms with Crippen molar-refractivity contribution in [3.63, 3.8) is 0 Å². The predicted molar refractivity (Wildman–Crippen MR) is 141 cm³/mol. The van der Waals surface area contributed by atoms with E-state index in [-0.39, 0.29) is 5.91 Å². The molecule has 1 fully saturated rings. The smallest absolute Gasteiger partial charge is 0.247 e. The van der Waals surface area contributed by atoms with Crippen molar-refractivity contribution in [2.75, 3.05) is 48.8 Å². The summed E-state index contributed by atoms with van der Waals surface area (Å²) in [5.74, 6) is 0.318. The molecule has 3 heterocycles. The van der Waals surface area contributed by atoms with Gasteiger partial charge >= 0.3 is 0 Å². The number of nitrogens with zero attached hydrogens (tertiary/aromatic N) is 4. The van der Waals surface area contributed by atoms with Gasteiger partial charge in [-0.3, -0.25) is 4.79 Å². The Kier molecular flexibility index (Phi) is 6.24. The molecule has 0 unspecified atom stereocenters. The Morgan fingerprint density at radius 2 is 1.91 bits per heavy atom. The molecule has 172 valence electrons. The summed E-state index contributed by atoms with van der Waals surface area (Å²) in [6.45, 7) is 7.75. The van der Waals surface area contributed by atoms with E-state index in [0.29, 0.717) is 11.6 Å². The first kappa shape index (κ1) is 22.1. The van der Waals surface area contributed by atoms with E-state index < -0.39 is 0 Å². The lowest BCUT2D eigenvalue weighted by molar-refractivity contribution is -0.111. The van der Waals surface area contributed by atoms with Gasteiger partial charge in [0, 0.05) is 49.0 Å². The van der Waals surface area contributed by atoms with Gasteiger partial charge in [0.2, 0.25) is 11.9 Å². The lowest BCUT2D eigenvalue weighted by atomic mass is 10.0. The zero-order valence-corrected chi connectivity index (χ0v) is 19.8. The topological polar surface area (TPSA) is 73.4 Å². The Balaban J connectivity index is 1.41. The molecule has 1 amide bonds. The van der Waals surface area contributed by atoms with Crippen molar-refractivity contribution in [3.05, 3.63) is 73.4 Å². The highest BCUT2D eigenvalue weighted by Gasteiger charge is 2.16. The summed E-state index contributed by atoms with van der Waals surface area (Å²) in [6, 6.07) is 18.0. The zero-order chi connectivity index (χ0) is 23.5. The first-order valence-corrected chi connectivity index (χ1v) is 12.0. The minimum Gasteiger partial charge on any atom is -0.361 e. The molecule has 5 rings (SSSR count). The number of para-hydroxylation sites is 1. The monoisotopic (exact) mass is 470 g/mol. The fraction of sp³-hybridized carbons (Fsp3) is 0.192. The number of fused-ring (bicyclic) bond motifs is 1. The Bertz CT molecular complexity index is 1340. The van der Waals surface area contributed by atoms with Gasteiger partial charge in [-0.15, -0.1) is 11.3 Å². The number of hydrogen-bond acceptors (Lipinski definition) is 7. The molecule has 1 aliphatic rings. The third-order valence-electron chi connectivity index (χ3n) is 5.88. The molecule has 8 heteroatoms. The summed E-state index contributed by atoms with van der Waals surface area (Å²) >= 11 is 1.72. The lowest BCUT2D eigenvalue weighted by Crippen LogP contribution is -2.44. The van der Waals surface area contributed by atoms with Crippen molar-refractivity contribution < 1.29 is 4.79 Å². The number of carbonyl (C=O) groups excluding carboxylic acids is 1. The van der Waals surface area contributed by atoms with Crippen LogP contribution in [0, 0.1) is 0 Å². The molecule has 4 aromatic rings. The van der Waals surface area contributed by atoms with Crippen molar-refractivity contribution in [2.24, 2.45) is 0 Å². The fourth-order valence-corrected chi connectivity index (χ4v) is 4.96. The summed E-state index contributed by atoms with van der Waals surface area (Å²) in [7, 11) is 2.16. The van der Waals surface area contributed by atoms with Gasteiger partial charge in [-0.25, -0.2) is 9.97 Å². The minimum absolute atomic E-state index is 0.240. The quantitative estimate of drug-likeness (QED) is 0.387. The molecular weight excluding hydrogens is 444 g/mol. The summed E-state index contributed by atoms with van der Waals surface area (Å²) in [5.41, 5.74) is 3.50. The highest BCUT2D eigenvalue weighted by Crippen LogP contribution is 2.33. The summed E-state index contributed by atoms with van der Waals surface area (Å²) in [5, 5.41) is 9.42. The molecule has 0 atom stereocenters. The van der Waals surface area contributed by atoms with E-state index >= 15 is 0 Å². The molecule has 0 bridgehead atoms. The highest BCUT2D eigenvalue weighted by atomic mass is 32.1. The standard InChI is InChI=1S/C26H26N6OS/c1-3-22(33)28-20-8-4-6-18(16-20)21-9-5-7-19-17-27-26(30-25(19)21)29-23-10-11-24(34-23)32-14-12-31(2)13-15-32/h3-11,16-17H,1,12-15H2,2H3,(H,28,33)(H,27,29,30). The van der Waals surface area contributed by atoms with E-state index in [1.807, 2.05) is 48.7 Å². The minimum atomic E-state index is -0.240. The van der Waals surface area contributed by atoms with Crippen LogP contribution in [0.2, 0.25) is 0 Å². The van der Waals surface area contributed by atoms with Crippen LogP contribution < -0.4 is 15.5 Å². The van der Waals surface area contributed by atoms with Crippen molar-refractivity contribution >= 4 is 49.8 Å². The highest BCUT2D eigenvalue weighted by molar-refractivity contribution is 7.20. The van der Waals surface area contributed by atoms with Crippen LogP contribution in [0.3, 0.4) is 0 Å². The molecule has 34 heavy (non-hydrogen) atoms. The van der Waals surface area contributed by atoms with Crippen LogP contribution in [0.5, 0.6) is 0 Å². The number of hydrogen-bond donors (Lipinski definition) is 2. The van der Waals surface area contributed by atoms with Gasteiger partial charge in [0.25, 0.3) is 0 Å². The number of rotatable bonds is 6. The number of carbonyl (C=O) groups is 1. The SMILES string of the molecule is C=CC(=O)Nc1cccc(-c2cccc3cnc(Nc4ccc(N5CCN(C)CC5)s4)nc23)c1. The normalized spacial score (nSPS) is 14.2. The molecule has 0 spiro atoms. The summed E-state index contributed by atoms with van der Waals surface area (Å²) < 4.78 is 0. The van der Waals surface area contributed by atoms with E-state index in [1.54, 1.807) is 11.3 Å². The molecular formula is C26H26N6OS. The van der Waals surface area contributed by atoms with Crippen LogP contribution in [0.4, 0.5) is 21.6 Å². The second-order valence-corrected chi connectivity index (χ2v) is 9.33. The summed E-state index contributed by atoms with van der Waals surface area (Å²) in [4.78, 5) is 25.9. The molecule has 0 radical (unpaired) electrons. The largest absolute Gasteiger partial charge is 0.361 e. The van der Waals surface area contributed by atoms with Gasteiger partial charge in [-0.1, -0.05) is 36.9 Å². The maximum atomic E-state index is 11.7. The first-order valence-electron chi connectivity index (χ1n) is 11.2. The van der Waals surface area contributed by atoms with Crippen LogP contribution in [0.1, 0.15) is 0 Å². The van der Waals surface area contributed by atoms with Gasteiger partial charge in [0.05, 0.1) is 15.5 Å². The Labute approximate surface area is 202 Å². The molecule has 2 N–H and O–H groups in total. The fourth-order valence-electron chi connectivity index (χ4n) is 4.01. The molecule has 1 saturated heterocycles. The van der Waals surface area contributed by atoms with Gasteiger partial charge in [0.15, 0.2) is 0 Å². The number of anilines is 4. The van der Waals surface area contributed by atoms with Crippen LogP contribution in [-0.4, -0.2) is 54.0 Å². The number of amides is 1. The molecule has 2 aromatic carbocycles. The van der Waals surface area contributed by atoms with E-state index in [2.05, 4.69) is 51.2 Å². The Hall–Kier alpha value is -3.75. The zero-order valence-electron chi connectivity index (χ0n) is 19.0. The molecule has 0 saturated carbocycles. The number of thiophene rings is 1. The molecule has 1 aliphatic heterocycles. The van der Waals surface area contributed by atoms with Crippen LogP contribution >= 0.6 is 11.3 Å². The lowest BCUT2D eigenvalue weighted by Gasteiger charge is -2.32. The maximum Gasteiger partial charge on any atom is 0.247 e. The Morgan fingerprint density at radius 3 is 2.74 bits per heavy atom. The van der Waals surface area contributed by atoms with Crippen LogP contribution in [0.15, 0.2) is 73.4 Å². The number of likely N-dealkylation sites (N-methyl/N-ethyl adjacent to an activating group) is 1. The van der Waals surface area contributed by atoms with E-state index in [4.69, 9.17) is 4.98 Å². The van der Waals surface area contributed by atoms with Gasteiger partial charge in [-0.05, 0) is 43.0 Å². The predicted octanol–water partition coefficient (Wildman–Crippen LogP) is 4.98. The number of piperazine rings is 1. The van der Waals surface area contributed by atoms with E-state index in [1.165, 1.54) is 11.1 Å². The van der Waals surface area contributed by atoms with Crippen LogP contribution in [0.25, 0.3) is 22.0 Å². The van der Waals surface area contributed by atoms with Gasteiger partial charge < -0.3 is 20.4 Å². The van der Waals surface area contributed by atoms with Crippen molar-refractivity contribution in [3.8, 4) is 11.1 Å². The van der Waals surface area contributed by atoms with E-state index in [9.17, 15) is 4.79 Å². The second-order valence-electron chi connectivity index (χ2n) is 8.26. The van der Waals surface area contributed by atoms with Crippen molar-refractivity contribution in [1.29, 1.82) is 0 Å². The molecule has 2 aromatic heterocycles. The maximum absolute atomic E-state index is 11.7. The first-order chi connectivity index (χ1) is 16.6. The third kappa shape index (κ3) is 4.78. The Morgan fingerprint density at radius 1 is 1.09 bits per heavy atom. The average Bonchev–Trinajstić information content (AvgIpc) is 3.32. The van der Waals surface area contributed by atoms with E-state index in [0.717, 1.165) is 53.2 Å². The van der Waals surface area contributed by atoms with Crippen LogP contribution in [-0.2, 0) is 4.79 Å². The second kappa shape index (κ2) is 9.62. The van der Waals surface area contributed by atoms with Crippen molar-refractivity contribution in [2.45, 2.75) is 0 Å². The number of benzene rings is 2. The van der Waals surface area contributed by atoms with Crippen molar-refractivity contribution in [1.82, 2.24) is 14.9 Å². The van der Waals surface area contributed by atoms with Gasteiger partial charge in [0.1, 0.15) is 0 Å². The third-order valence-corrected chi connectivity index (χ3v) is 6.94. The molecule has 0 aliphatic carbocycles. The number of nitrogens with one attached hydrogen (secondary N) is 2. The van der Waals surface area contributed by atoms with Gasteiger partial charge in [-0.2, -0.15) is 0 Å². The molecule has 7 nitrogen and oxygen atoms in total. The average molecular weight is 471 g/mol. The summed E-state index contributed by atoms with van der Waals surface area (Å²) in [6.07, 6.45) is 3.10.